The molecule has 1 aromatic rings. The van der Waals surface area contributed by atoms with E-state index in [1.165, 1.54) is 22.6 Å². The zero-order chi connectivity index (χ0) is 14.1. The van der Waals surface area contributed by atoms with Crippen molar-refractivity contribution in [3.8, 4) is 6.07 Å². The van der Waals surface area contributed by atoms with Crippen molar-refractivity contribution < 1.29 is 13.5 Å². The summed E-state index contributed by atoms with van der Waals surface area (Å²) >= 11 is 0. The summed E-state index contributed by atoms with van der Waals surface area (Å²) in [6.07, 6.45) is 2.74. The normalized spacial score (nSPS) is 18.6. The number of nitrogens with zero attached hydrogens (tertiary/aromatic N) is 3. The highest BCUT2D eigenvalue weighted by molar-refractivity contribution is 7.89. The Morgan fingerprint density at radius 3 is 2.84 bits per heavy atom. The number of rotatable bonds is 4. The Balaban J connectivity index is 2.24. The van der Waals surface area contributed by atoms with Crippen LogP contribution in [0, 0.1) is 11.3 Å². The van der Waals surface area contributed by atoms with E-state index in [0.717, 1.165) is 6.42 Å². The molecule has 1 aromatic heterocycles. The molecule has 6 nitrogen and oxygen atoms in total. The van der Waals surface area contributed by atoms with E-state index in [0.29, 0.717) is 6.42 Å². The minimum atomic E-state index is -3.75. The summed E-state index contributed by atoms with van der Waals surface area (Å²) in [6, 6.07) is 4.61. The van der Waals surface area contributed by atoms with Crippen LogP contribution in [0.4, 0.5) is 0 Å². The molecule has 0 aliphatic carbocycles. The molecule has 102 valence electrons. The molecule has 19 heavy (non-hydrogen) atoms. The molecule has 1 fully saturated rings. The molecule has 0 amide bonds. The minimum Gasteiger partial charge on any atom is -0.387 e. The number of pyridine rings is 1. The molecule has 1 aliphatic heterocycles. The zero-order valence-electron chi connectivity index (χ0n) is 10.6. The van der Waals surface area contributed by atoms with Gasteiger partial charge in [-0.25, -0.2) is 13.4 Å². The van der Waals surface area contributed by atoms with Crippen molar-refractivity contribution in [3.63, 3.8) is 0 Å². The maximum atomic E-state index is 12.3. The van der Waals surface area contributed by atoms with Gasteiger partial charge >= 0.3 is 0 Å². The van der Waals surface area contributed by atoms with E-state index >= 15 is 0 Å². The lowest BCUT2D eigenvalue weighted by atomic mass is 9.92. The Hall–Kier alpha value is -1.49. The van der Waals surface area contributed by atoms with E-state index in [1.807, 2.05) is 6.92 Å². The van der Waals surface area contributed by atoms with Crippen molar-refractivity contribution in [1.82, 2.24) is 9.29 Å². The molecule has 0 saturated carbocycles. The second-order valence-corrected chi connectivity index (χ2v) is 6.62. The van der Waals surface area contributed by atoms with Gasteiger partial charge in [0.2, 0.25) is 10.0 Å². The minimum absolute atomic E-state index is 0.0724. The van der Waals surface area contributed by atoms with Gasteiger partial charge < -0.3 is 5.11 Å². The standard InChI is InChI=1S/C12H15N3O3S/c1-2-5-12(16)8-15(9-12)19(17,18)11-4-3-6-14-10(11)7-13/h3-4,6,16H,2,5,8-9H2,1H3. The number of aliphatic hydroxyl groups is 1. The first-order valence-electron chi connectivity index (χ1n) is 6.00. The number of hydrogen-bond donors (Lipinski definition) is 1. The molecule has 2 heterocycles. The Morgan fingerprint density at radius 1 is 1.58 bits per heavy atom. The molecule has 0 unspecified atom stereocenters. The average Bonchev–Trinajstić information content (AvgIpc) is 2.36. The molecule has 1 aliphatic rings. The topological polar surface area (TPSA) is 94.3 Å². The van der Waals surface area contributed by atoms with Crippen LogP contribution >= 0.6 is 0 Å². The number of hydrogen-bond acceptors (Lipinski definition) is 5. The predicted octanol–water partition coefficient (Wildman–Crippen LogP) is 0.489. The van der Waals surface area contributed by atoms with E-state index in [2.05, 4.69) is 4.98 Å². The average molecular weight is 281 g/mol. The third-order valence-electron chi connectivity index (χ3n) is 3.15. The lowest BCUT2D eigenvalue weighted by Gasteiger charge is -2.45. The van der Waals surface area contributed by atoms with Gasteiger partial charge in [-0.05, 0) is 18.6 Å². The smallest absolute Gasteiger partial charge is 0.246 e. The first-order valence-corrected chi connectivity index (χ1v) is 7.44. The molecule has 0 spiro atoms. The summed E-state index contributed by atoms with van der Waals surface area (Å²) in [6.45, 7) is 2.08. The highest BCUT2D eigenvalue weighted by Gasteiger charge is 2.47. The van der Waals surface area contributed by atoms with Crippen LogP contribution in [0.2, 0.25) is 0 Å². The van der Waals surface area contributed by atoms with Crippen molar-refractivity contribution in [2.45, 2.75) is 30.3 Å². The van der Waals surface area contributed by atoms with Gasteiger partial charge in [0.1, 0.15) is 11.0 Å². The summed E-state index contributed by atoms with van der Waals surface area (Å²) in [5.74, 6) is 0. The molecule has 1 saturated heterocycles. The Morgan fingerprint density at radius 2 is 2.26 bits per heavy atom. The summed E-state index contributed by atoms with van der Waals surface area (Å²) in [5, 5.41) is 18.9. The van der Waals surface area contributed by atoms with E-state index in [1.54, 1.807) is 6.07 Å². The lowest BCUT2D eigenvalue weighted by molar-refractivity contribution is -0.0653. The molecule has 7 heteroatoms. The van der Waals surface area contributed by atoms with Crippen molar-refractivity contribution in [3.05, 3.63) is 24.0 Å². The van der Waals surface area contributed by atoms with Crippen LogP contribution in [0.5, 0.6) is 0 Å². The molecule has 0 aromatic carbocycles. The van der Waals surface area contributed by atoms with Crippen LogP contribution in [0.15, 0.2) is 23.2 Å². The first kappa shape index (κ1) is 13.9. The van der Waals surface area contributed by atoms with Gasteiger partial charge in [-0.2, -0.15) is 9.57 Å². The number of nitriles is 1. The molecule has 0 bridgehead atoms. The Labute approximate surface area is 112 Å². The predicted molar refractivity (Wildman–Crippen MR) is 67.6 cm³/mol. The zero-order valence-corrected chi connectivity index (χ0v) is 11.4. The maximum absolute atomic E-state index is 12.3. The van der Waals surface area contributed by atoms with Crippen LogP contribution in [-0.2, 0) is 10.0 Å². The van der Waals surface area contributed by atoms with E-state index in [9.17, 15) is 13.5 Å². The fourth-order valence-electron chi connectivity index (χ4n) is 2.23. The molecule has 2 rings (SSSR count). The lowest BCUT2D eigenvalue weighted by Crippen LogP contribution is -2.63. The van der Waals surface area contributed by atoms with Crippen molar-refractivity contribution in [1.29, 1.82) is 5.26 Å². The van der Waals surface area contributed by atoms with E-state index < -0.39 is 15.6 Å². The summed E-state index contributed by atoms with van der Waals surface area (Å²) < 4.78 is 25.8. The van der Waals surface area contributed by atoms with Crippen molar-refractivity contribution >= 4 is 10.0 Å². The molecule has 0 atom stereocenters. The third-order valence-corrected chi connectivity index (χ3v) is 4.97. The molecule has 1 N–H and O–H groups in total. The summed E-state index contributed by atoms with van der Waals surface area (Å²) in [4.78, 5) is 3.65. The van der Waals surface area contributed by atoms with Gasteiger partial charge in [0.25, 0.3) is 0 Å². The van der Waals surface area contributed by atoms with Crippen molar-refractivity contribution in [2.75, 3.05) is 13.1 Å². The first-order chi connectivity index (χ1) is 8.93. The van der Waals surface area contributed by atoms with Gasteiger partial charge in [-0.1, -0.05) is 13.3 Å². The molecular formula is C12H15N3O3S. The second kappa shape index (κ2) is 4.89. The fraction of sp³-hybridized carbons (Fsp3) is 0.500. The van der Waals surface area contributed by atoms with Crippen LogP contribution in [0.1, 0.15) is 25.5 Å². The number of sulfonamides is 1. The Kier molecular flexibility index (Phi) is 3.58. The summed E-state index contributed by atoms with van der Waals surface area (Å²) in [7, 11) is -3.75. The van der Waals surface area contributed by atoms with Gasteiger partial charge in [0.05, 0.1) is 5.60 Å². The van der Waals surface area contributed by atoms with Crippen LogP contribution in [-0.4, -0.2) is 41.5 Å². The highest BCUT2D eigenvalue weighted by Crippen LogP contribution is 2.31. The number of aromatic nitrogens is 1. The van der Waals surface area contributed by atoms with E-state index in [-0.39, 0.29) is 23.7 Å². The largest absolute Gasteiger partial charge is 0.387 e. The third kappa shape index (κ3) is 2.47. The monoisotopic (exact) mass is 281 g/mol. The maximum Gasteiger partial charge on any atom is 0.246 e. The second-order valence-electron chi connectivity index (χ2n) is 4.71. The SMILES string of the molecule is CCCC1(O)CN(S(=O)(=O)c2cccnc2C#N)C1. The van der Waals surface area contributed by atoms with Crippen molar-refractivity contribution in [2.24, 2.45) is 0 Å². The quantitative estimate of drug-likeness (QED) is 0.866. The van der Waals surface area contributed by atoms with Crippen LogP contribution < -0.4 is 0 Å². The van der Waals surface area contributed by atoms with Gasteiger partial charge in [-0.3, -0.25) is 0 Å². The van der Waals surface area contributed by atoms with Crippen LogP contribution in [0.3, 0.4) is 0 Å². The fourth-order valence-corrected chi connectivity index (χ4v) is 3.92. The summed E-state index contributed by atoms with van der Waals surface area (Å²) in [5.41, 5.74) is -1.05. The van der Waals surface area contributed by atoms with Gasteiger partial charge in [0, 0.05) is 19.3 Å². The van der Waals surface area contributed by atoms with Crippen LogP contribution in [0.25, 0.3) is 0 Å². The van der Waals surface area contributed by atoms with Gasteiger partial charge in [0.15, 0.2) is 5.69 Å². The number of β-amino-alcohol motifs (C(OH)–C–C–N with tert-alkyl or cyclic N) is 1. The molecular weight excluding hydrogens is 266 g/mol. The van der Waals surface area contributed by atoms with E-state index in [4.69, 9.17) is 5.26 Å². The Bertz CT molecular complexity index is 615. The highest BCUT2D eigenvalue weighted by atomic mass is 32.2. The van der Waals surface area contributed by atoms with Gasteiger partial charge in [-0.15, -0.1) is 0 Å². The molecule has 0 radical (unpaired) electrons.